The van der Waals surface area contributed by atoms with E-state index in [9.17, 15) is 18.0 Å². The van der Waals surface area contributed by atoms with E-state index in [2.05, 4.69) is 0 Å². The molecule has 1 N–H and O–H groups in total. The molecule has 1 aromatic carbocycles. The van der Waals surface area contributed by atoms with E-state index in [1.54, 1.807) is 19.9 Å². The summed E-state index contributed by atoms with van der Waals surface area (Å²) in [6.07, 6.45) is 1.62. The van der Waals surface area contributed by atoms with Crippen molar-refractivity contribution in [3.05, 3.63) is 35.4 Å². The molecule has 22 heavy (non-hydrogen) atoms. The van der Waals surface area contributed by atoms with Gasteiger partial charge in [-0.3, -0.25) is 4.90 Å². The number of hydrogen-bond acceptors (Lipinski definition) is 4. The highest BCUT2D eigenvalue weighted by Gasteiger charge is 2.39. The van der Waals surface area contributed by atoms with Gasteiger partial charge in [-0.15, -0.1) is 0 Å². The lowest BCUT2D eigenvalue weighted by Gasteiger charge is -2.33. The predicted molar refractivity (Wildman–Crippen MR) is 80.5 cm³/mol. The van der Waals surface area contributed by atoms with Crippen molar-refractivity contribution in [2.75, 3.05) is 18.5 Å². The lowest BCUT2D eigenvalue weighted by molar-refractivity contribution is 0.0696. The van der Waals surface area contributed by atoms with Crippen LogP contribution in [0.3, 0.4) is 0 Å². The maximum atomic E-state index is 12.6. The van der Waals surface area contributed by atoms with E-state index in [0.29, 0.717) is 0 Å². The van der Waals surface area contributed by atoms with Crippen molar-refractivity contribution in [3.63, 3.8) is 0 Å². The van der Waals surface area contributed by atoms with Gasteiger partial charge in [-0.25, -0.2) is 22.3 Å². The summed E-state index contributed by atoms with van der Waals surface area (Å²) in [4.78, 5) is 24.3. The number of nitrogens with zero attached hydrogens (tertiary/aromatic N) is 2. The number of carboxylic acid groups (broad SMARTS) is 1. The van der Waals surface area contributed by atoms with Crippen molar-refractivity contribution >= 4 is 27.7 Å². The number of allylic oxidation sites excluding steroid dienone is 1. The van der Waals surface area contributed by atoms with E-state index < -0.39 is 22.0 Å². The first kappa shape index (κ1) is 16.0. The topological polar surface area (TPSA) is 95.0 Å². The highest BCUT2D eigenvalue weighted by molar-refractivity contribution is 7.90. The minimum Gasteiger partial charge on any atom is -0.478 e. The molecule has 0 spiro atoms. The molecule has 1 heterocycles. The molecule has 8 heteroatoms. The van der Waals surface area contributed by atoms with Gasteiger partial charge in [0.25, 0.3) is 10.0 Å². The minimum atomic E-state index is -4.08. The zero-order valence-corrected chi connectivity index (χ0v) is 13.2. The molecule has 0 aromatic heterocycles. The van der Waals surface area contributed by atoms with Gasteiger partial charge in [-0.05, 0) is 32.0 Å². The lowest BCUT2D eigenvalue weighted by Crippen LogP contribution is -2.49. The predicted octanol–water partition coefficient (Wildman–Crippen LogP) is 1.91. The molecular weight excluding hydrogens is 308 g/mol. The fourth-order valence-electron chi connectivity index (χ4n) is 2.06. The Labute approximate surface area is 128 Å². The zero-order chi connectivity index (χ0) is 16.7. The Morgan fingerprint density at radius 3 is 2.50 bits per heavy atom. The van der Waals surface area contributed by atoms with Crippen molar-refractivity contribution in [1.82, 2.24) is 4.31 Å². The fourth-order valence-corrected chi connectivity index (χ4v) is 3.65. The number of urea groups is 1. The van der Waals surface area contributed by atoms with Crippen LogP contribution in [0.2, 0.25) is 0 Å². The van der Waals surface area contributed by atoms with E-state index in [-0.39, 0.29) is 22.7 Å². The lowest BCUT2D eigenvalue weighted by atomic mass is 10.2. The number of rotatable bonds is 3. The maximum absolute atomic E-state index is 12.6. The molecule has 0 fully saturated rings. The Morgan fingerprint density at radius 1 is 1.32 bits per heavy atom. The van der Waals surface area contributed by atoms with Crippen molar-refractivity contribution in [3.8, 4) is 0 Å². The van der Waals surface area contributed by atoms with Gasteiger partial charge in [0.05, 0.1) is 17.8 Å². The van der Waals surface area contributed by atoms with Gasteiger partial charge in [-0.2, -0.15) is 0 Å². The molecule has 7 nitrogen and oxygen atoms in total. The van der Waals surface area contributed by atoms with Crippen LogP contribution in [-0.2, 0) is 10.0 Å². The van der Waals surface area contributed by atoms with Crippen LogP contribution < -0.4 is 4.90 Å². The van der Waals surface area contributed by atoms with Gasteiger partial charge in [-0.1, -0.05) is 11.6 Å². The number of amides is 2. The quantitative estimate of drug-likeness (QED) is 0.857. The number of anilines is 1. The summed E-state index contributed by atoms with van der Waals surface area (Å²) in [7, 11) is -2.63. The summed E-state index contributed by atoms with van der Waals surface area (Å²) >= 11 is 0. The highest BCUT2D eigenvalue weighted by atomic mass is 32.2. The van der Waals surface area contributed by atoms with Crippen molar-refractivity contribution in [2.24, 2.45) is 0 Å². The molecule has 1 aliphatic rings. The van der Waals surface area contributed by atoms with Gasteiger partial charge in [0.2, 0.25) is 0 Å². The van der Waals surface area contributed by atoms with Gasteiger partial charge in [0.15, 0.2) is 0 Å². The van der Waals surface area contributed by atoms with Crippen LogP contribution in [0.15, 0.2) is 34.7 Å². The number of carboxylic acids is 1. The maximum Gasteiger partial charge on any atom is 0.338 e. The molecule has 0 bridgehead atoms. The molecule has 1 aromatic rings. The second kappa shape index (κ2) is 5.45. The highest BCUT2D eigenvalue weighted by Crippen LogP contribution is 2.34. The third kappa shape index (κ3) is 2.57. The Balaban J connectivity index is 2.62. The average Bonchev–Trinajstić information content (AvgIpc) is 2.44. The number of sulfonamides is 1. The van der Waals surface area contributed by atoms with Gasteiger partial charge in [0.1, 0.15) is 4.90 Å². The first-order valence-corrected chi connectivity index (χ1v) is 7.91. The van der Waals surface area contributed by atoms with Gasteiger partial charge < -0.3 is 5.11 Å². The van der Waals surface area contributed by atoms with E-state index >= 15 is 0 Å². The summed E-state index contributed by atoms with van der Waals surface area (Å²) in [6, 6.07) is 3.00. The van der Waals surface area contributed by atoms with Crippen LogP contribution in [-0.4, -0.2) is 43.4 Å². The van der Waals surface area contributed by atoms with Crippen LogP contribution in [0.1, 0.15) is 24.2 Å². The second-order valence-electron chi connectivity index (χ2n) is 5.15. The van der Waals surface area contributed by atoms with E-state index in [0.717, 1.165) is 15.9 Å². The normalized spacial score (nSPS) is 16.2. The SMILES string of the molecule is CC(C)=CCN1C(=O)N(C)c2ccc(C(=O)O)cc2S1(=O)=O. The number of aromatic carboxylic acids is 1. The first-order chi connectivity index (χ1) is 10.2. The second-order valence-corrected chi connectivity index (χ2v) is 6.98. The molecule has 0 saturated carbocycles. The molecule has 1 aliphatic heterocycles. The van der Waals surface area contributed by atoms with E-state index in [1.165, 1.54) is 24.1 Å². The third-order valence-electron chi connectivity index (χ3n) is 3.30. The summed E-state index contributed by atoms with van der Waals surface area (Å²) in [5.74, 6) is -1.23. The molecule has 118 valence electrons. The summed E-state index contributed by atoms with van der Waals surface area (Å²) in [6.45, 7) is 3.49. The molecule has 0 radical (unpaired) electrons. The van der Waals surface area contributed by atoms with Crippen molar-refractivity contribution in [1.29, 1.82) is 0 Å². The van der Waals surface area contributed by atoms with Gasteiger partial charge >= 0.3 is 12.0 Å². The molecule has 0 atom stereocenters. The van der Waals surface area contributed by atoms with Crippen LogP contribution in [0, 0.1) is 0 Å². The first-order valence-electron chi connectivity index (χ1n) is 6.47. The van der Waals surface area contributed by atoms with Crippen molar-refractivity contribution < 1.29 is 23.1 Å². The molecular formula is C14H16N2O5S. The van der Waals surface area contributed by atoms with Crippen LogP contribution in [0.25, 0.3) is 0 Å². The molecule has 2 amide bonds. The number of carbonyl (C=O) groups is 2. The zero-order valence-electron chi connectivity index (χ0n) is 12.4. The number of fused-ring (bicyclic) bond motifs is 1. The number of benzene rings is 1. The summed E-state index contributed by atoms with van der Waals surface area (Å²) < 4.78 is 25.9. The summed E-state index contributed by atoms with van der Waals surface area (Å²) in [5, 5.41) is 9.02. The van der Waals surface area contributed by atoms with Crippen molar-refractivity contribution in [2.45, 2.75) is 18.7 Å². The third-order valence-corrected chi connectivity index (χ3v) is 5.07. The van der Waals surface area contributed by atoms with E-state index in [1.807, 2.05) is 0 Å². The Hall–Kier alpha value is -2.35. The Bertz CT molecular complexity index is 778. The monoisotopic (exact) mass is 324 g/mol. The minimum absolute atomic E-state index is 0.0927. The smallest absolute Gasteiger partial charge is 0.338 e. The molecule has 0 saturated heterocycles. The number of carbonyl (C=O) groups excluding carboxylic acids is 1. The Morgan fingerprint density at radius 2 is 1.95 bits per heavy atom. The molecule has 0 aliphatic carbocycles. The summed E-state index contributed by atoms with van der Waals surface area (Å²) in [5.41, 5.74) is 0.895. The standard InChI is InChI=1S/C14H16N2O5S/c1-9(2)6-7-16-14(19)15(3)11-5-4-10(13(17)18)8-12(11)22(16,20)21/h4-6,8H,7H2,1-3H3,(H,17,18). The average molecular weight is 324 g/mol. The van der Waals surface area contributed by atoms with Gasteiger partial charge in [0, 0.05) is 7.05 Å². The van der Waals surface area contributed by atoms with Crippen LogP contribution >= 0.6 is 0 Å². The fraction of sp³-hybridized carbons (Fsp3) is 0.286. The molecule has 0 unspecified atom stereocenters. The number of hydrogen-bond donors (Lipinski definition) is 1. The largest absolute Gasteiger partial charge is 0.478 e. The molecule has 2 rings (SSSR count). The van der Waals surface area contributed by atoms with Crippen LogP contribution in [0.4, 0.5) is 10.5 Å². The van der Waals surface area contributed by atoms with Crippen LogP contribution in [0.5, 0.6) is 0 Å². The van der Waals surface area contributed by atoms with E-state index in [4.69, 9.17) is 5.11 Å². The Kier molecular flexibility index (Phi) is 3.97.